The number of rotatable bonds is 5. The van der Waals surface area contributed by atoms with Crippen molar-refractivity contribution in [2.45, 2.75) is 6.42 Å². The van der Waals surface area contributed by atoms with E-state index in [4.69, 9.17) is 5.73 Å². The van der Waals surface area contributed by atoms with E-state index in [1.54, 1.807) is 0 Å². The number of primary amides is 1. The zero-order chi connectivity index (χ0) is 11.3. The molecule has 15 heavy (non-hydrogen) atoms. The number of pyridine rings is 1. The highest BCUT2D eigenvalue weighted by Gasteiger charge is 2.05. The predicted octanol–water partition coefficient (Wildman–Crippen LogP) is 0.277. The molecule has 7 nitrogen and oxygen atoms in total. The smallest absolute Gasteiger partial charge is 0.363 e. The summed E-state index contributed by atoms with van der Waals surface area (Å²) >= 11 is 0. The van der Waals surface area contributed by atoms with Gasteiger partial charge in [-0.05, 0) is 16.0 Å². The van der Waals surface area contributed by atoms with Crippen LogP contribution in [0.4, 0.5) is 11.5 Å². The van der Waals surface area contributed by atoms with E-state index >= 15 is 0 Å². The van der Waals surface area contributed by atoms with Crippen LogP contribution in [0.1, 0.15) is 6.42 Å². The Kier molecular flexibility index (Phi) is 3.55. The van der Waals surface area contributed by atoms with Crippen molar-refractivity contribution < 1.29 is 9.72 Å². The molecular formula is C8H10N4O3. The third-order valence-electron chi connectivity index (χ3n) is 1.64. The van der Waals surface area contributed by atoms with Crippen LogP contribution in [0.5, 0.6) is 0 Å². The topological polar surface area (TPSA) is 111 Å². The van der Waals surface area contributed by atoms with E-state index in [0.717, 1.165) is 0 Å². The number of hydrogen-bond acceptors (Lipinski definition) is 5. The van der Waals surface area contributed by atoms with Crippen molar-refractivity contribution in [2.24, 2.45) is 5.73 Å². The quantitative estimate of drug-likeness (QED) is 0.535. The molecule has 0 radical (unpaired) electrons. The van der Waals surface area contributed by atoms with E-state index in [1.807, 2.05) is 0 Å². The van der Waals surface area contributed by atoms with Gasteiger partial charge in [0.05, 0.1) is 5.69 Å². The van der Waals surface area contributed by atoms with Crippen molar-refractivity contribution in [3.63, 3.8) is 0 Å². The Bertz CT molecular complexity index is 363. The van der Waals surface area contributed by atoms with Crippen LogP contribution >= 0.6 is 0 Å². The minimum absolute atomic E-state index is 0.205. The molecule has 7 heteroatoms. The normalized spacial score (nSPS) is 9.60. The second-order valence-corrected chi connectivity index (χ2v) is 2.81. The molecule has 0 saturated carbocycles. The van der Waals surface area contributed by atoms with Crippen molar-refractivity contribution in [3.8, 4) is 0 Å². The van der Waals surface area contributed by atoms with Gasteiger partial charge in [0.2, 0.25) is 5.91 Å². The van der Waals surface area contributed by atoms with Gasteiger partial charge in [-0.25, -0.2) is 0 Å². The lowest BCUT2D eigenvalue weighted by Gasteiger charge is -2.01. The molecule has 3 N–H and O–H groups in total. The Morgan fingerprint density at radius 2 is 2.33 bits per heavy atom. The lowest BCUT2D eigenvalue weighted by Crippen LogP contribution is -2.15. The molecule has 0 unspecified atom stereocenters. The van der Waals surface area contributed by atoms with Crippen molar-refractivity contribution in [1.82, 2.24) is 4.98 Å². The summed E-state index contributed by atoms with van der Waals surface area (Å²) in [6.45, 7) is 0.384. The molecule has 1 amide bonds. The summed E-state index contributed by atoms with van der Waals surface area (Å²) in [5.41, 5.74) is 5.55. The van der Waals surface area contributed by atoms with Crippen LogP contribution in [0.2, 0.25) is 0 Å². The number of amides is 1. The SMILES string of the molecule is NC(=O)CCNc1ccc([N+](=O)[O-])nc1. The molecule has 0 aromatic carbocycles. The summed E-state index contributed by atoms with van der Waals surface area (Å²) < 4.78 is 0. The maximum atomic E-state index is 10.4. The lowest BCUT2D eigenvalue weighted by molar-refractivity contribution is -0.389. The van der Waals surface area contributed by atoms with E-state index in [2.05, 4.69) is 10.3 Å². The number of nitrogens with two attached hydrogens (primary N) is 1. The van der Waals surface area contributed by atoms with E-state index in [-0.39, 0.29) is 12.2 Å². The number of nitrogens with one attached hydrogen (secondary N) is 1. The van der Waals surface area contributed by atoms with E-state index < -0.39 is 10.8 Å². The fourth-order valence-electron chi connectivity index (χ4n) is 0.929. The third-order valence-corrected chi connectivity index (χ3v) is 1.64. The average molecular weight is 210 g/mol. The van der Waals surface area contributed by atoms with Crippen LogP contribution in [0.15, 0.2) is 18.3 Å². The largest absolute Gasteiger partial charge is 0.381 e. The number of nitro groups is 1. The second kappa shape index (κ2) is 4.89. The molecule has 1 aromatic heterocycles. The molecular weight excluding hydrogens is 200 g/mol. The van der Waals surface area contributed by atoms with Crippen LogP contribution in [0.25, 0.3) is 0 Å². The Morgan fingerprint density at radius 1 is 1.60 bits per heavy atom. The maximum absolute atomic E-state index is 10.4. The lowest BCUT2D eigenvalue weighted by atomic mass is 10.3. The minimum atomic E-state index is -0.576. The number of anilines is 1. The van der Waals surface area contributed by atoms with E-state index in [0.29, 0.717) is 12.2 Å². The minimum Gasteiger partial charge on any atom is -0.381 e. The van der Waals surface area contributed by atoms with Crippen molar-refractivity contribution in [2.75, 3.05) is 11.9 Å². The maximum Gasteiger partial charge on any atom is 0.363 e. The first-order valence-electron chi connectivity index (χ1n) is 4.22. The first kappa shape index (κ1) is 10.9. The van der Waals surface area contributed by atoms with Gasteiger partial charge in [0, 0.05) is 19.0 Å². The highest BCUT2D eigenvalue weighted by molar-refractivity contribution is 5.74. The first-order valence-corrected chi connectivity index (χ1v) is 4.22. The zero-order valence-electron chi connectivity index (χ0n) is 7.84. The molecule has 0 atom stereocenters. The Balaban J connectivity index is 2.50. The number of aromatic nitrogens is 1. The van der Waals surface area contributed by atoms with Crippen LogP contribution in [-0.4, -0.2) is 22.4 Å². The fourth-order valence-corrected chi connectivity index (χ4v) is 0.929. The summed E-state index contributed by atoms with van der Waals surface area (Å²) in [6, 6.07) is 2.80. The third kappa shape index (κ3) is 3.59. The molecule has 80 valence electrons. The second-order valence-electron chi connectivity index (χ2n) is 2.81. The van der Waals surface area contributed by atoms with Crippen molar-refractivity contribution in [1.29, 1.82) is 0 Å². The highest BCUT2D eigenvalue weighted by Crippen LogP contribution is 2.10. The Hall–Kier alpha value is -2.18. The molecule has 0 spiro atoms. The Labute approximate surface area is 85.5 Å². The van der Waals surface area contributed by atoms with Crippen LogP contribution in [0, 0.1) is 10.1 Å². The van der Waals surface area contributed by atoms with Gasteiger partial charge in [0.1, 0.15) is 0 Å². The van der Waals surface area contributed by atoms with Gasteiger partial charge >= 0.3 is 5.82 Å². The fraction of sp³-hybridized carbons (Fsp3) is 0.250. The van der Waals surface area contributed by atoms with Gasteiger partial charge in [-0.15, -0.1) is 0 Å². The molecule has 0 bridgehead atoms. The van der Waals surface area contributed by atoms with Gasteiger partial charge in [-0.2, -0.15) is 0 Å². The van der Waals surface area contributed by atoms with Crippen molar-refractivity contribution in [3.05, 3.63) is 28.4 Å². The molecule has 0 saturated heterocycles. The number of carbonyl (C=O) groups excluding carboxylic acids is 1. The van der Waals surface area contributed by atoms with Crippen molar-refractivity contribution >= 4 is 17.4 Å². The highest BCUT2D eigenvalue weighted by atomic mass is 16.6. The molecule has 0 fully saturated rings. The van der Waals surface area contributed by atoms with E-state index in [9.17, 15) is 14.9 Å². The van der Waals surface area contributed by atoms with Gasteiger partial charge < -0.3 is 21.2 Å². The number of carbonyl (C=O) groups is 1. The van der Waals surface area contributed by atoms with Crippen LogP contribution in [-0.2, 0) is 4.79 Å². The molecule has 0 aliphatic heterocycles. The Morgan fingerprint density at radius 3 is 2.80 bits per heavy atom. The van der Waals surface area contributed by atoms with Crippen LogP contribution in [0.3, 0.4) is 0 Å². The zero-order valence-corrected chi connectivity index (χ0v) is 7.84. The average Bonchev–Trinajstić information content (AvgIpc) is 2.18. The summed E-state index contributed by atoms with van der Waals surface area (Å²) in [6.07, 6.45) is 1.54. The predicted molar refractivity (Wildman–Crippen MR) is 53.2 cm³/mol. The molecule has 0 aliphatic rings. The summed E-state index contributed by atoms with van der Waals surface area (Å²) in [5, 5.41) is 13.1. The van der Waals surface area contributed by atoms with Gasteiger partial charge in [-0.1, -0.05) is 0 Å². The molecule has 0 aliphatic carbocycles. The van der Waals surface area contributed by atoms with Gasteiger partial charge in [0.25, 0.3) is 0 Å². The number of hydrogen-bond donors (Lipinski definition) is 2. The summed E-state index contributed by atoms with van der Waals surface area (Å²) in [7, 11) is 0. The molecule has 1 heterocycles. The standard InChI is InChI=1S/C8H10N4O3/c9-7(13)3-4-10-6-1-2-8(11-5-6)12(14)15/h1-2,5,10H,3-4H2,(H2,9,13). The monoisotopic (exact) mass is 210 g/mol. The first-order chi connectivity index (χ1) is 7.09. The summed E-state index contributed by atoms with van der Waals surface area (Å²) in [4.78, 5) is 23.7. The number of nitrogens with zero attached hydrogens (tertiary/aromatic N) is 2. The van der Waals surface area contributed by atoms with Gasteiger partial charge in [0.15, 0.2) is 6.20 Å². The van der Waals surface area contributed by atoms with Gasteiger partial charge in [-0.3, -0.25) is 4.79 Å². The summed E-state index contributed by atoms with van der Waals surface area (Å²) in [5.74, 6) is -0.618. The van der Waals surface area contributed by atoms with E-state index in [1.165, 1.54) is 18.3 Å². The van der Waals surface area contributed by atoms with Crippen LogP contribution < -0.4 is 11.1 Å². The molecule has 1 rings (SSSR count). The molecule has 1 aromatic rings.